The maximum absolute atomic E-state index is 5.34. The molecule has 0 atom stereocenters. The quantitative estimate of drug-likeness (QED) is 0.462. The van der Waals surface area contributed by atoms with Gasteiger partial charge in [-0.2, -0.15) is 0 Å². The smallest absolute Gasteiger partial charge is 0.0672 e. The Labute approximate surface area is 82.4 Å². The zero-order chi connectivity index (χ0) is 10.1. The van der Waals surface area contributed by atoms with Crippen LogP contribution in [-0.2, 0) is 4.74 Å². The number of rotatable bonds is 8. The third kappa shape index (κ3) is 11.7. The summed E-state index contributed by atoms with van der Waals surface area (Å²) in [5.41, 5.74) is 1.09. The van der Waals surface area contributed by atoms with Crippen LogP contribution in [0.4, 0.5) is 0 Å². The van der Waals surface area contributed by atoms with Gasteiger partial charge in [-0.3, -0.25) is 0 Å². The fraction of sp³-hybridized carbons (Fsp3) is 0.818. The highest BCUT2D eigenvalue weighted by molar-refractivity contribution is 4.87. The predicted octanol–water partition coefficient (Wildman–Crippen LogP) is 2.21. The van der Waals surface area contributed by atoms with Gasteiger partial charge in [0.15, 0.2) is 0 Å². The Balaban J connectivity index is 2.96. The molecule has 0 aliphatic carbocycles. The molecule has 0 unspecified atom stereocenters. The molecule has 2 nitrogen and oxygen atoms in total. The molecule has 0 aromatic carbocycles. The van der Waals surface area contributed by atoms with Crippen LogP contribution in [0.1, 0.15) is 27.2 Å². The van der Waals surface area contributed by atoms with E-state index in [1.165, 1.54) is 6.42 Å². The molecule has 1 N–H and O–H groups in total. The van der Waals surface area contributed by atoms with Gasteiger partial charge in [-0.15, -0.1) is 0 Å². The molecule has 0 bridgehead atoms. The largest absolute Gasteiger partial charge is 0.376 e. The molecule has 0 aromatic heterocycles. The lowest BCUT2D eigenvalue weighted by Gasteiger charge is -2.07. The van der Waals surface area contributed by atoms with Gasteiger partial charge >= 0.3 is 0 Å². The highest BCUT2D eigenvalue weighted by Crippen LogP contribution is 1.95. The van der Waals surface area contributed by atoms with Crippen molar-refractivity contribution in [3.05, 3.63) is 12.2 Å². The fourth-order valence-electron chi connectivity index (χ4n) is 0.906. The van der Waals surface area contributed by atoms with Crippen molar-refractivity contribution in [3.8, 4) is 0 Å². The van der Waals surface area contributed by atoms with Crippen molar-refractivity contribution in [2.45, 2.75) is 27.2 Å². The van der Waals surface area contributed by atoms with Crippen molar-refractivity contribution in [2.75, 3.05) is 26.3 Å². The summed E-state index contributed by atoms with van der Waals surface area (Å²) >= 11 is 0. The second kappa shape index (κ2) is 8.27. The van der Waals surface area contributed by atoms with Gasteiger partial charge in [-0.25, -0.2) is 0 Å². The summed E-state index contributed by atoms with van der Waals surface area (Å²) in [5.74, 6) is 0.781. The first-order valence-electron chi connectivity index (χ1n) is 5.05. The average Bonchev–Trinajstić information content (AvgIpc) is 2.01. The van der Waals surface area contributed by atoms with E-state index < -0.39 is 0 Å². The second-order valence-corrected chi connectivity index (χ2v) is 3.94. The summed E-state index contributed by atoms with van der Waals surface area (Å²) in [6, 6.07) is 0. The molecule has 0 aliphatic rings. The Bertz CT molecular complexity index is 132. The SMILES string of the molecule is C=C(C)COCCNCCC(C)C. The number of hydrogen-bond donors (Lipinski definition) is 1. The van der Waals surface area contributed by atoms with Crippen LogP contribution in [0.5, 0.6) is 0 Å². The van der Waals surface area contributed by atoms with Gasteiger partial charge in [0, 0.05) is 6.54 Å². The van der Waals surface area contributed by atoms with Crippen LogP contribution < -0.4 is 5.32 Å². The molecule has 0 spiro atoms. The van der Waals surface area contributed by atoms with Crippen LogP contribution in [0.25, 0.3) is 0 Å². The normalized spacial score (nSPS) is 10.8. The van der Waals surface area contributed by atoms with Crippen LogP contribution in [0.3, 0.4) is 0 Å². The lowest BCUT2D eigenvalue weighted by molar-refractivity contribution is 0.158. The molecule has 0 fully saturated rings. The van der Waals surface area contributed by atoms with E-state index in [0.717, 1.165) is 31.2 Å². The summed E-state index contributed by atoms with van der Waals surface area (Å²) in [6.07, 6.45) is 1.24. The molecule has 13 heavy (non-hydrogen) atoms. The molecule has 0 heterocycles. The molecule has 0 rings (SSSR count). The van der Waals surface area contributed by atoms with Crippen LogP contribution in [0.2, 0.25) is 0 Å². The average molecular weight is 185 g/mol. The van der Waals surface area contributed by atoms with E-state index in [-0.39, 0.29) is 0 Å². The molecule has 0 saturated carbocycles. The van der Waals surface area contributed by atoms with Crippen molar-refractivity contribution in [1.82, 2.24) is 5.32 Å². The van der Waals surface area contributed by atoms with Gasteiger partial charge in [0.05, 0.1) is 13.2 Å². The molecule has 0 aliphatic heterocycles. The predicted molar refractivity (Wildman–Crippen MR) is 58.0 cm³/mol. The minimum atomic E-state index is 0.686. The maximum Gasteiger partial charge on any atom is 0.0672 e. The Morgan fingerprint density at radius 1 is 1.38 bits per heavy atom. The van der Waals surface area contributed by atoms with Crippen molar-refractivity contribution in [3.63, 3.8) is 0 Å². The van der Waals surface area contributed by atoms with Crippen molar-refractivity contribution in [2.24, 2.45) is 5.92 Å². The first-order valence-corrected chi connectivity index (χ1v) is 5.05. The standard InChI is InChI=1S/C11H23NO/c1-10(2)5-6-12-7-8-13-9-11(3)4/h10,12H,3,5-9H2,1-2,4H3. The molecule has 0 saturated heterocycles. The zero-order valence-corrected chi connectivity index (χ0v) is 9.23. The van der Waals surface area contributed by atoms with Gasteiger partial charge in [0.25, 0.3) is 0 Å². The highest BCUT2D eigenvalue weighted by atomic mass is 16.5. The third-order valence-corrected chi connectivity index (χ3v) is 1.67. The summed E-state index contributed by atoms with van der Waals surface area (Å²) in [6.45, 7) is 13.7. The van der Waals surface area contributed by atoms with Gasteiger partial charge in [-0.1, -0.05) is 26.0 Å². The Kier molecular flexibility index (Phi) is 8.05. The maximum atomic E-state index is 5.34. The van der Waals surface area contributed by atoms with Crippen molar-refractivity contribution >= 4 is 0 Å². The number of nitrogens with one attached hydrogen (secondary N) is 1. The van der Waals surface area contributed by atoms with Crippen LogP contribution in [-0.4, -0.2) is 26.3 Å². The molecule has 78 valence electrons. The van der Waals surface area contributed by atoms with E-state index in [2.05, 4.69) is 25.7 Å². The van der Waals surface area contributed by atoms with Gasteiger partial charge in [0.2, 0.25) is 0 Å². The zero-order valence-electron chi connectivity index (χ0n) is 9.23. The lowest BCUT2D eigenvalue weighted by Crippen LogP contribution is -2.22. The van der Waals surface area contributed by atoms with Crippen molar-refractivity contribution in [1.29, 1.82) is 0 Å². The summed E-state index contributed by atoms with van der Waals surface area (Å²) in [4.78, 5) is 0. The van der Waals surface area contributed by atoms with Gasteiger partial charge in [-0.05, 0) is 25.8 Å². The van der Waals surface area contributed by atoms with E-state index in [9.17, 15) is 0 Å². The van der Waals surface area contributed by atoms with E-state index >= 15 is 0 Å². The van der Waals surface area contributed by atoms with Crippen molar-refractivity contribution < 1.29 is 4.74 Å². The molecular formula is C11H23NO. The first kappa shape index (κ1) is 12.7. The topological polar surface area (TPSA) is 21.3 Å². The van der Waals surface area contributed by atoms with Crippen LogP contribution in [0, 0.1) is 5.92 Å². The monoisotopic (exact) mass is 185 g/mol. The number of hydrogen-bond acceptors (Lipinski definition) is 2. The molecule has 2 heteroatoms. The first-order chi connectivity index (χ1) is 6.13. The Hall–Kier alpha value is -0.340. The lowest BCUT2D eigenvalue weighted by atomic mass is 10.1. The van der Waals surface area contributed by atoms with E-state index in [0.29, 0.717) is 6.61 Å². The summed E-state index contributed by atoms with van der Waals surface area (Å²) in [7, 11) is 0. The van der Waals surface area contributed by atoms with E-state index in [1.54, 1.807) is 0 Å². The van der Waals surface area contributed by atoms with Gasteiger partial charge < -0.3 is 10.1 Å². The Morgan fingerprint density at radius 2 is 2.08 bits per heavy atom. The van der Waals surface area contributed by atoms with Crippen LogP contribution in [0.15, 0.2) is 12.2 Å². The summed E-state index contributed by atoms with van der Waals surface area (Å²) in [5, 5.41) is 3.34. The summed E-state index contributed by atoms with van der Waals surface area (Å²) < 4.78 is 5.34. The molecule has 0 radical (unpaired) electrons. The molecular weight excluding hydrogens is 162 g/mol. The minimum absolute atomic E-state index is 0.686. The Morgan fingerprint density at radius 3 is 2.62 bits per heavy atom. The van der Waals surface area contributed by atoms with E-state index in [4.69, 9.17) is 4.74 Å². The second-order valence-electron chi connectivity index (χ2n) is 3.94. The molecule has 0 aromatic rings. The highest BCUT2D eigenvalue weighted by Gasteiger charge is 1.93. The third-order valence-electron chi connectivity index (χ3n) is 1.67. The minimum Gasteiger partial charge on any atom is -0.376 e. The van der Waals surface area contributed by atoms with Gasteiger partial charge in [0.1, 0.15) is 0 Å². The fourth-order valence-corrected chi connectivity index (χ4v) is 0.906. The van der Waals surface area contributed by atoms with E-state index in [1.807, 2.05) is 6.92 Å². The molecule has 0 amide bonds. The van der Waals surface area contributed by atoms with Crippen LogP contribution >= 0.6 is 0 Å². The number of ether oxygens (including phenoxy) is 1.